The van der Waals surface area contributed by atoms with Crippen LogP contribution in [-0.4, -0.2) is 37.0 Å². The molecule has 18 heavy (non-hydrogen) atoms. The number of hydrogen-bond donors (Lipinski definition) is 2. The highest BCUT2D eigenvalue weighted by Gasteiger charge is 2.04. The van der Waals surface area contributed by atoms with Crippen LogP contribution in [0, 0.1) is 0 Å². The van der Waals surface area contributed by atoms with Crippen LogP contribution in [-0.2, 0) is 0 Å². The van der Waals surface area contributed by atoms with Crippen LogP contribution in [0.25, 0.3) is 0 Å². The molecule has 0 atom stereocenters. The summed E-state index contributed by atoms with van der Waals surface area (Å²) < 4.78 is 0. The largest absolute Gasteiger partial charge is 0.399 e. The minimum atomic E-state index is -0.0328. The van der Waals surface area contributed by atoms with E-state index in [1.54, 1.807) is 24.3 Å². The SMILES string of the molecule is CCN(CC)CCCNC(=O)c1ccc(N)cc1. The summed E-state index contributed by atoms with van der Waals surface area (Å²) in [5.74, 6) is -0.0328. The zero-order valence-corrected chi connectivity index (χ0v) is 11.3. The topological polar surface area (TPSA) is 58.4 Å². The Morgan fingerprint density at radius 1 is 1.22 bits per heavy atom. The number of amides is 1. The maximum Gasteiger partial charge on any atom is 0.251 e. The number of anilines is 1. The molecule has 0 aliphatic heterocycles. The lowest BCUT2D eigenvalue weighted by Gasteiger charge is -2.17. The van der Waals surface area contributed by atoms with Gasteiger partial charge < -0.3 is 16.0 Å². The number of nitrogens with two attached hydrogens (primary N) is 1. The molecule has 0 saturated heterocycles. The Hall–Kier alpha value is -1.55. The van der Waals surface area contributed by atoms with Crippen LogP contribution in [0.4, 0.5) is 5.69 Å². The summed E-state index contributed by atoms with van der Waals surface area (Å²) in [5, 5.41) is 2.92. The minimum Gasteiger partial charge on any atom is -0.399 e. The number of nitrogens with one attached hydrogen (secondary N) is 1. The normalized spacial score (nSPS) is 10.6. The molecule has 0 radical (unpaired) electrons. The fraction of sp³-hybridized carbons (Fsp3) is 0.500. The van der Waals surface area contributed by atoms with E-state index in [1.807, 2.05) is 0 Å². The number of benzene rings is 1. The van der Waals surface area contributed by atoms with Gasteiger partial charge in [-0.25, -0.2) is 0 Å². The van der Waals surface area contributed by atoms with Crippen molar-refractivity contribution in [2.45, 2.75) is 20.3 Å². The van der Waals surface area contributed by atoms with E-state index in [0.29, 0.717) is 17.8 Å². The predicted octanol–water partition coefficient (Wildman–Crippen LogP) is 1.73. The quantitative estimate of drug-likeness (QED) is 0.571. The third-order valence-electron chi connectivity index (χ3n) is 3.00. The Bertz CT molecular complexity index is 358. The van der Waals surface area contributed by atoms with Gasteiger partial charge in [0.2, 0.25) is 0 Å². The van der Waals surface area contributed by atoms with Crippen LogP contribution in [0.5, 0.6) is 0 Å². The molecule has 4 nitrogen and oxygen atoms in total. The van der Waals surface area contributed by atoms with E-state index < -0.39 is 0 Å². The van der Waals surface area contributed by atoms with Gasteiger partial charge in [-0.3, -0.25) is 4.79 Å². The van der Waals surface area contributed by atoms with E-state index in [9.17, 15) is 4.79 Å². The van der Waals surface area contributed by atoms with E-state index >= 15 is 0 Å². The van der Waals surface area contributed by atoms with Gasteiger partial charge in [0.15, 0.2) is 0 Å². The monoisotopic (exact) mass is 249 g/mol. The highest BCUT2D eigenvalue weighted by atomic mass is 16.1. The van der Waals surface area contributed by atoms with Crippen molar-refractivity contribution >= 4 is 11.6 Å². The number of rotatable bonds is 7. The molecule has 1 amide bonds. The maximum absolute atomic E-state index is 11.8. The fourth-order valence-electron chi connectivity index (χ4n) is 1.78. The second-order valence-electron chi connectivity index (χ2n) is 4.26. The van der Waals surface area contributed by atoms with Crippen molar-refractivity contribution in [2.75, 3.05) is 31.9 Å². The molecular weight excluding hydrogens is 226 g/mol. The molecule has 0 bridgehead atoms. The molecule has 3 N–H and O–H groups in total. The Morgan fingerprint density at radius 3 is 2.39 bits per heavy atom. The smallest absolute Gasteiger partial charge is 0.251 e. The molecule has 0 fully saturated rings. The van der Waals surface area contributed by atoms with Crippen LogP contribution in [0.15, 0.2) is 24.3 Å². The number of hydrogen-bond acceptors (Lipinski definition) is 3. The van der Waals surface area contributed by atoms with E-state index in [4.69, 9.17) is 5.73 Å². The molecule has 1 rings (SSSR count). The van der Waals surface area contributed by atoms with Crippen molar-refractivity contribution in [2.24, 2.45) is 0 Å². The molecule has 100 valence electrons. The summed E-state index contributed by atoms with van der Waals surface area (Å²) in [7, 11) is 0. The van der Waals surface area contributed by atoms with E-state index in [-0.39, 0.29) is 5.91 Å². The average molecular weight is 249 g/mol. The Labute approximate surface area is 109 Å². The molecule has 0 saturated carbocycles. The van der Waals surface area contributed by atoms with E-state index in [1.165, 1.54) is 0 Å². The first-order valence-corrected chi connectivity index (χ1v) is 6.53. The molecule has 0 aliphatic rings. The first-order chi connectivity index (χ1) is 8.67. The van der Waals surface area contributed by atoms with E-state index in [2.05, 4.69) is 24.1 Å². The van der Waals surface area contributed by atoms with E-state index in [0.717, 1.165) is 26.1 Å². The van der Waals surface area contributed by atoms with Crippen LogP contribution in [0.2, 0.25) is 0 Å². The van der Waals surface area contributed by atoms with Gasteiger partial charge in [-0.15, -0.1) is 0 Å². The first kappa shape index (κ1) is 14.5. The zero-order valence-electron chi connectivity index (χ0n) is 11.3. The summed E-state index contributed by atoms with van der Waals surface area (Å²) in [6, 6.07) is 6.97. The predicted molar refractivity (Wildman–Crippen MR) is 75.6 cm³/mol. The Kier molecular flexibility index (Phi) is 6.22. The van der Waals surface area contributed by atoms with Gasteiger partial charge in [0, 0.05) is 17.8 Å². The molecule has 1 aromatic rings. The third kappa shape index (κ3) is 4.75. The van der Waals surface area contributed by atoms with Crippen LogP contribution >= 0.6 is 0 Å². The van der Waals surface area contributed by atoms with Crippen LogP contribution in [0.3, 0.4) is 0 Å². The van der Waals surface area contributed by atoms with Crippen LogP contribution in [0.1, 0.15) is 30.6 Å². The molecule has 0 aliphatic carbocycles. The maximum atomic E-state index is 11.8. The highest BCUT2D eigenvalue weighted by molar-refractivity contribution is 5.94. The minimum absolute atomic E-state index is 0.0328. The van der Waals surface area contributed by atoms with Gasteiger partial charge in [-0.1, -0.05) is 13.8 Å². The lowest BCUT2D eigenvalue weighted by molar-refractivity contribution is 0.0952. The van der Waals surface area contributed by atoms with Gasteiger partial charge in [-0.05, 0) is 50.3 Å². The number of nitrogens with zero attached hydrogens (tertiary/aromatic N) is 1. The highest BCUT2D eigenvalue weighted by Crippen LogP contribution is 2.05. The van der Waals surface area contributed by atoms with Crippen LogP contribution < -0.4 is 11.1 Å². The Morgan fingerprint density at radius 2 is 1.83 bits per heavy atom. The third-order valence-corrected chi connectivity index (χ3v) is 3.00. The van der Waals surface area contributed by atoms with Gasteiger partial charge in [-0.2, -0.15) is 0 Å². The molecule has 1 aromatic carbocycles. The van der Waals surface area contributed by atoms with Crippen molar-refractivity contribution in [3.05, 3.63) is 29.8 Å². The van der Waals surface area contributed by atoms with Gasteiger partial charge in [0.25, 0.3) is 5.91 Å². The van der Waals surface area contributed by atoms with Crippen molar-refractivity contribution in [1.82, 2.24) is 10.2 Å². The lowest BCUT2D eigenvalue weighted by atomic mass is 10.2. The second kappa shape index (κ2) is 7.71. The molecular formula is C14H23N3O. The van der Waals surface area contributed by atoms with Crippen molar-refractivity contribution in [3.8, 4) is 0 Å². The van der Waals surface area contributed by atoms with Crippen molar-refractivity contribution in [1.29, 1.82) is 0 Å². The Balaban J connectivity index is 2.27. The summed E-state index contributed by atoms with van der Waals surface area (Å²) in [5.41, 5.74) is 6.91. The lowest BCUT2D eigenvalue weighted by Crippen LogP contribution is -2.29. The van der Waals surface area contributed by atoms with Gasteiger partial charge in [0.1, 0.15) is 0 Å². The fourth-order valence-corrected chi connectivity index (χ4v) is 1.78. The second-order valence-corrected chi connectivity index (χ2v) is 4.26. The molecule has 0 spiro atoms. The average Bonchev–Trinajstić information content (AvgIpc) is 2.39. The van der Waals surface area contributed by atoms with Crippen molar-refractivity contribution < 1.29 is 4.79 Å². The van der Waals surface area contributed by atoms with Crippen molar-refractivity contribution in [3.63, 3.8) is 0 Å². The molecule has 0 unspecified atom stereocenters. The van der Waals surface area contributed by atoms with Gasteiger partial charge >= 0.3 is 0 Å². The number of carbonyl (C=O) groups excluding carboxylic acids is 1. The molecule has 0 aromatic heterocycles. The van der Waals surface area contributed by atoms with Gasteiger partial charge in [0.05, 0.1) is 0 Å². The number of nitrogen functional groups attached to an aromatic ring is 1. The molecule has 4 heteroatoms. The standard InChI is InChI=1S/C14H23N3O/c1-3-17(4-2)11-5-10-16-14(18)12-6-8-13(15)9-7-12/h6-9H,3-5,10-11,15H2,1-2H3,(H,16,18). The summed E-state index contributed by atoms with van der Waals surface area (Å²) in [6.45, 7) is 8.15. The summed E-state index contributed by atoms with van der Waals surface area (Å²) >= 11 is 0. The zero-order chi connectivity index (χ0) is 13.4. The number of carbonyl (C=O) groups is 1. The summed E-state index contributed by atoms with van der Waals surface area (Å²) in [4.78, 5) is 14.1. The molecule has 0 heterocycles. The summed E-state index contributed by atoms with van der Waals surface area (Å²) in [6.07, 6.45) is 0.975. The first-order valence-electron chi connectivity index (χ1n) is 6.53.